The van der Waals surface area contributed by atoms with Crippen LogP contribution in [0.1, 0.15) is 5.56 Å². The van der Waals surface area contributed by atoms with E-state index in [4.69, 9.17) is 5.73 Å². The fraction of sp³-hybridized carbons (Fsp3) is 0.0769. The van der Waals surface area contributed by atoms with Crippen molar-refractivity contribution in [3.63, 3.8) is 0 Å². The minimum absolute atomic E-state index is 0.203. The third kappa shape index (κ3) is 3.56. The SMILES string of the molecule is Nc1ccc(S(=O)(=O)NCc2ccccc2Br)cc1. The minimum Gasteiger partial charge on any atom is -0.399 e. The summed E-state index contributed by atoms with van der Waals surface area (Å²) in [7, 11) is -3.52. The molecule has 2 aromatic carbocycles. The highest BCUT2D eigenvalue weighted by atomic mass is 79.9. The van der Waals surface area contributed by atoms with Gasteiger partial charge in [0.05, 0.1) is 4.90 Å². The van der Waals surface area contributed by atoms with Crippen molar-refractivity contribution in [1.82, 2.24) is 4.72 Å². The molecule has 3 N–H and O–H groups in total. The van der Waals surface area contributed by atoms with E-state index in [1.54, 1.807) is 12.1 Å². The molecule has 0 aromatic heterocycles. The molecule has 100 valence electrons. The number of hydrogen-bond acceptors (Lipinski definition) is 3. The van der Waals surface area contributed by atoms with Crippen molar-refractivity contribution in [2.24, 2.45) is 0 Å². The van der Waals surface area contributed by atoms with Crippen LogP contribution < -0.4 is 10.5 Å². The van der Waals surface area contributed by atoms with Crippen molar-refractivity contribution in [2.75, 3.05) is 5.73 Å². The van der Waals surface area contributed by atoms with Gasteiger partial charge in [0.2, 0.25) is 10.0 Å². The molecule has 19 heavy (non-hydrogen) atoms. The van der Waals surface area contributed by atoms with Gasteiger partial charge in [-0.1, -0.05) is 34.1 Å². The number of halogens is 1. The van der Waals surface area contributed by atoms with Crippen LogP contribution in [-0.2, 0) is 16.6 Å². The molecule has 6 heteroatoms. The minimum atomic E-state index is -3.52. The molecule has 0 aliphatic rings. The second kappa shape index (κ2) is 5.73. The molecule has 0 unspecified atom stereocenters. The van der Waals surface area contributed by atoms with Gasteiger partial charge in [-0.05, 0) is 35.9 Å². The van der Waals surface area contributed by atoms with Crippen molar-refractivity contribution in [3.05, 3.63) is 58.6 Å². The molecule has 0 atom stereocenters. The molecule has 2 rings (SSSR count). The van der Waals surface area contributed by atoms with E-state index in [0.717, 1.165) is 10.0 Å². The molecule has 0 radical (unpaired) electrons. The van der Waals surface area contributed by atoms with Gasteiger partial charge in [-0.15, -0.1) is 0 Å². The molecule has 4 nitrogen and oxygen atoms in total. The molecular weight excluding hydrogens is 328 g/mol. The fourth-order valence-corrected chi connectivity index (χ4v) is 2.98. The lowest BCUT2D eigenvalue weighted by atomic mass is 10.2. The van der Waals surface area contributed by atoms with E-state index in [1.807, 2.05) is 24.3 Å². The Morgan fingerprint density at radius 2 is 1.68 bits per heavy atom. The number of nitrogens with two attached hydrogens (primary N) is 1. The van der Waals surface area contributed by atoms with Gasteiger partial charge in [-0.25, -0.2) is 13.1 Å². The number of nitrogens with one attached hydrogen (secondary N) is 1. The predicted molar refractivity (Wildman–Crippen MR) is 79.0 cm³/mol. The first-order valence-corrected chi connectivity index (χ1v) is 7.85. The van der Waals surface area contributed by atoms with Crippen LogP contribution in [0.25, 0.3) is 0 Å². The molecule has 0 aliphatic carbocycles. The first-order valence-electron chi connectivity index (χ1n) is 5.58. The maximum atomic E-state index is 12.1. The molecule has 0 amide bonds. The van der Waals surface area contributed by atoms with E-state index >= 15 is 0 Å². The lowest BCUT2D eigenvalue weighted by Crippen LogP contribution is -2.23. The molecule has 0 bridgehead atoms. The standard InChI is InChI=1S/C13H13BrN2O2S/c14-13-4-2-1-3-10(13)9-16-19(17,18)12-7-5-11(15)6-8-12/h1-8,16H,9,15H2. The zero-order valence-electron chi connectivity index (χ0n) is 10.0. The summed E-state index contributed by atoms with van der Waals surface area (Å²) >= 11 is 3.38. The Kier molecular flexibility index (Phi) is 4.24. The van der Waals surface area contributed by atoms with E-state index in [9.17, 15) is 8.42 Å². The second-order valence-electron chi connectivity index (χ2n) is 3.98. The molecule has 0 saturated heterocycles. The highest BCUT2D eigenvalue weighted by Gasteiger charge is 2.13. The van der Waals surface area contributed by atoms with Crippen molar-refractivity contribution in [3.8, 4) is 0 Å². The van der Waals surface area contributed by atoms with Crippen LogP contribution >= 0.6 is 15.9 Å². The largest absolute Gasteiger partial charge is 0.399 e. The summed E-state index contributed by atoms with van der Waals surface area (Å²) < 4.78 is 27.5. The molecule has 0 aliphatic heterocycles. The van der Waals surface area contributed by atoms with Gasteiger partial charge >= 0.3 is 0 Å². The first-order chi connectivity index (χ1) is 8.99. The third-order valence-electron chi connectivity index (χ3n) is 2.60. The Morgan fingerprint density at radius 3 is 2.32 bits per heavy atom. The molecule has 0 saturated carbocycles. The average molecular weight is 341 g/mol. The Morgan fingerprint density at radius 1 is 1.05 bits per heavy atom. The van der Waals surface area contributed by atoms with Crippen molar-refractivity contribution in [1.29, 1.82) is 0 Å². The maximum Gasteiger partial charge on any atom is 0.240 e. The van der Waals surface area contributed by atoms with Crippen LogP contribution in [0, 0.1) is 0 Å². The van der Waals surface area contributed by atoms with Crippen LogP contribution in [-0.4, -0.2) is 8.42 Å². The van der Waals surface area contributed by atoms with Gasteiger partial charge in [-0.3, -0.25) is 0 Å². The van der Waals surface area contributed by atoms with Crippen molar-refractivity contribution in [2.45, 2.75) is 11.4 Å². The average Bonchev–Trinajstić information content (AvgIpc) is 2.38. The summed E-state index contributed by atoms with van der Waals surface area (Å²) in [6, 6.07) is 13.6. The zero-order chi connectivity index (χ0) is 13.9. The number of nitrogen functional groups attached to an aromatic ring is 1. The fourth-order valence-electron chi connectivity index (χ4n) is 1.54. The van der Waals surface area contributed by atoms with Gasteiger partial charge in [0.25, 0.3) is 0 Å². The van der Waals surface area contributed by atoms with Crippen LogP contribution in [0.2, 0.25) is 0 Å². The van der Waals surface area contributed by atoms with E-state index in [1.165, 1.54) is 12.1 Å². The second-order valence-corrected chi connectivity index (χ2v) is 6.61. The van der Waals surface area contributed by atoms with Gasteiger partial charge in [0, 0.05) is 16.7 Å². The van der Waals surface area contributed by atoms with Gasteiger partial charge in [0.1, 0.15) is 0 Å². The predicted octanol–water partition coefficient (Wildman–Crippen LogP) is 2.51. The Balaban J connectivity index is 2.14. The molecular formula is C13H13BrN2O2S. The van der Waals surface area contributed by atoms with Crippen LogP contribution in [0.5, 0.6) is 0 Å². The number of hydrogen-bond donors (Lipinski definition) is 2. The Bertz CT molecular complexity index is 669. The lowest BCUT2D eigenvalue weighted by Gasteiger charge is -2.08. The monoisotopic (exact) mass is 340 g/mol. The number of sulfonamides is 1. The first kappa shape index (κ1) is 14.0. The highest BCUT2D eigenvalue weighted by Crippen LogP contribution is 2.17. The van der Waals surface area contributed by atoms with Gasteiger partial charge in [0.15, 0.2) is 0 Å². The summed E-state index contributed by atoms with van der Waals surface area (Å²) in [5, 5.41) is 0. The summed E-state index contributed by atoms with van der Waals surface area (Å²) in [5.74, 6) is 0. The van der Waals surface area contributed by atoms with Gasteiger partial charge in [-0.2, -0.15) is 0 Å². The van der Waals surface area contributed by atoms with E-state index < -0.39 is 10.0 Å². The zero-order valence-corrected chi connectivity index (χ0v) is 12.4. The smallest absolute Gasteiger partial charge is 0.240 e. The summed E-state index contributed by atoms with van der Waals surface area (Å²) in [5.41, 5.74) is 6.94. The lowest BCUT2D eigenvalue weighted by molar-refractivity contribution is 0.581. The topological polar surface area (TPSA) is 72.2 Å². The third-order valence-corrected chi connectivity index (χ3v) is 4.79. The normalized spacial score (nSPS) is 11.4. The van der Waals surface area contributed by atoms with E-state index in [2.05, 4.69) is 20.7 Å². The highest BCUT2D eigenvalue weighted by molar-refractivity contribution is 9.10. The van der Waals surface area contributed by atoms with Crippen LogP contribution in [0.15, 0.2) is 57.9 Å². The summed E-state index contributed by atoms with van der Waals surface area (Å²) in [6.07, 6.45) is 0. The van der Waals surface area contributed by atoms with E-state index in [0.29, 0.717) is 5.69 Å². The quantitative estimate of drug-likeness (QED) is 0.840. The van der Waals surface area contributed by atoms with Gasteiger partial charge < -0.3 is 5.73 Å². The number of rotatable bonds is 4. The molecule has 0 heterocycles. The maximum absolute atomic E-state index is 12.1. The van der Waals surface area contributed by atoms with Crippen molar-refractivity contribution < 1.29 is 8.42 Å². The molecule has 0 spiro atoms. The van der Waals surface area contributed by atoms with E-state index in [-0.39, 0.29) is 11.4 Å². The Labute approximate surface area is 120 Å². The number of benzene rings is 2. The van der Waals surface area contributed by atoms with Crippen LogP contribution in [0.4, 0.5) is 5.69 Å². The Hall–Kier alpha value is -1.37. The van der Waals surface area contributed by atoms with Crippen LogP contribution in [0.3, 0.4) is 0 Å². The van der Waals surface area contributed by atoms with Crippen molar-refractivity contribution >= 4 is 31.6 Å². The molecule has 2 aromatic rings. The summed E-state index contributed by atoms with van der Waals surface area (Å²) in [4.78, 5) is 0.203. The molecule has 0 fully saturated rings. The number of anilines is 1. The summed E-state index contributed by atoms with van der Waals surface area (Å²) in [6.45, 7) is 0.230.